The van der Waals surface area contributed by atoms with E-state index in [1.54, 1.807) is 0 Å². The van der Waals surface area contributed by atoms with Gasteiger partial charge in [-0.1, -0.05) is 18.5 Å². The molecule has 2 aromatic heterocycles. The van der Waals surface area contributed by atoms with Gasteiger partial charge in [0.1, 0.15) is 17.4 Å². The van der Waals surface area contributed by atoms with Gasteiger partial charge in [-0.05, 0) is 45.7 Å². The summed E-state index contributed by atoms with van der Waals surface area (Å²) in [7, 11) is 0. The number of rotatable bonds is 5. The van der Waals surface area contributed by atoms with Crippen LogP contribution in [0, 0.1) is 12.7 Å². The molecular weight excluding hydrogens is 421 g/mol. The zero-order chi connectivity index (χ0) is 22.3. The van der Waals surface area contributed by atoms with Gasteiger partial charge in [-0.15, -0.1) is 0 Å². The van der Waals surface area contributed by atoms with Crippen molar-refractivity contribution in [3.63, 3.8) is 0 Å². The van der Waals surface area contributed by atoms with E-state index in [9.17, 15) is 9.18 Å². The van der Waals surface area contributed by atoms with E-state index in [0.717, 1.165) is 5.82 Å². The highest BCUT2D eigenvalue weighted by atomic mass is 35.5. The average Bonchev–Trinajstić information content (AvgIpc) is 3.07. The monoisotopic (exact) mass is 445 g/mol. The average molecular weight is 446 g/mol. The normalized spacial score (nSPS) is 19.4. The third kappa shape index (κ3) is 4.02. The van der Waals surface area contributed by atoms with Gasteiger partial charge >= 0.3 is 0 Å². The predicted octanol–water partition coefficient (Wildman–Crippen LogP) is 4.72. The van der Waals surface area contributed by atoms with Crippen molar-refractivity contribution < 1.29 is 13.9 Å². The summed E-state index contributed by atoms with van der Waals surface area (Å²) in [5, 5.41) is 3.39. The lowest BCUT2D eigenvalue weighted by atomic mass is 10.00. The fourth-order valence-electron chi connectivity index (χ4n) is 4.09. The minimum Gasteiger partial charge on any atom is -0.370 e. The van der Waals surface area contributed by atoms with Gasteiger partial charge in [0, 0.05) is 18.2 Å². The highest BCUT2D eigenvalue weighted by Gasteiger charge is 2.31. The van der Waals surface area contributed by atoms with Crippen molar-refractivity contribution in [2.45, 2.75) is 58.7 Å². The van der Waals surface area contributed by atoms with Crippen LogP contribution in [-0.2, 0) is 9.53 Å². The van der Waals surface area contributed by atoms with E-state index in [0.29, 0.717) is 46.8 Å². The first kappa shape index (κ1) is 21.6. The highest BCUT2D eigenvalue weighted by Crippen LogP contribution is 2.32. The van der Waals surface area contributed by atoms with Crippen LogP contribution in [0.5, 0.6) is 0 Å². The van der Waals surface area contributed by atoms with Gasteiger partial charge < -0.3 is 14.6 Å². The molecule has 1 aliphatic heterocycles. The van der Waals surface area contributed by atoms with Crippen LogP contribution < -0.4 is 5.32 Å². The molecule has 31 heavy (non-hydrogen) atoms. The maximum absolute atomic E-state index is 14.9. The molecule has 3 aromatic rings. The standard InChI is InChI=1S/C22H25ClFN5O2/c1-5-18-21(30)16(6-7-31-18)27-22-25-10-14(23)19(28-22)13-8-15(24)20-17(9-13)29(11(2)3)12(4)26-20/h8-11,16,18H,5-7H2,1-4H3,(H,25,27,28). The molecule has 1 saturated heterocycles. The Bertz CT molecular complexity index is 1150. The lowest BCUT2D eigenvalue weighted by molar-refractivity contribution is -0.136. The number of ether oxygens (including phenoxy) is 1. The maximum Gasteiger partial charge on any atom is 0.223 e. The number of carbonyl (C=O) groups excluding carboxylic acids is 1. The Labute approximate surface area is 185 Å². The summed E-state index contributed by atoms with van der Waals surface area (Å²) < 4.78 is 22.4. The Morgan fingerprint density at radius 1 is 1.35 bits per heavy atom. The van der Waals surface area contributed by atoms with Gasteiger partial charge in [0.25, 0.3) is 0 Å². The van der Waals surface area contributed by atoms with Crippen molar-refractivity contribution in [1.82, 2.24) is 19.5 Å². The molecule has 2 atom stereocenters. The minimum atomic E-state index is -0.440. The molecule has 2 unspecified atom stereocenters. The number of halogens is 2. The molecule has 7 nitrogen and oxygen atoms in total. The summed E-state index contributed by atoms with van der Waals surface area (Å²) in [6.07, 6.45) is 2.19. The van der Waals surface area contributed by atoms with Crippen molar-refractivity contribution in [2.75, 3.05) is 11.9 Å². The molecule has 1 aliphatic rings. The van der Waals surface area contributed by atoms with Gasteiger partial charge in [0.15, 0.2) is 11.6 Å². The van der Waals surface area contributed by atoms with Gasteiger partial charge in [-0.3, -0.25) is 4.79 Å². The second kappa shape index (κ2) is 8.51. The van der Waals surface area contributed by atoms with Gasteiger partial charge in [-0.2, -0.15) is 0 Å². The first-order valence-electron chi connectivity index (χ1n) is 10.4. The number of carbonyl (C=O) groups is 1. The Morgan fingerprint density at radius 3 is 2.84 bits per heavy atom. The summed E-state index contributed by atoms with van der Waals surface area (Å²) in [6.45, 7) is 8.30. The van der Waals surface area contributed by atoms with Crippen LogP contribution in [-0.4, -0.2) is 44.1 Å². The summed E-state index contributed by atoms with van der Waals surface area (Å²) in [5.41, 5.74) is 1.90. The first-order valence-corrected chi connectivity index (χ1v) is 10.8. The van der Waals surface area contributed by atoms with Gasteiger partial charge in [0.05, 0.1) is 28.5 Å². The fourth-order valence-corrected chi connectivity index (χ4v) is 4.29. The third-order valence-electron chi connectivity index (χ3n) is 5.52. The number of nitrogens with zero attached hydrogens (tertiary/aromatic N) is 4. The smallest absolute Gasteiger partial charge is 0.223 e. The zero-order valence-electron chi connectivity index (χ0n) is 17.9. The first-order chi connectivity index (χ1) is 14.8. The van der Waals surface area contributed by atoms with Crippen molar-refractivity contribution in [3.05, 3.63) is 35.0 Å². The quantitative estimate of drug-likeness (QED) is 0.611. The molecule has 0 spiro atoms. The number of imidazole rings is 1. The van der Waals surface area contributed by atoms with E-state index in [4.69, 9.17) is 16.3 Å². The SMILES string of the molecule is CCC1OCCC(Nc2ncc(Cl)c(-c3cc(F)c4nc(C)n(C(C)C)c4c3)n2)C1=O. The van der Waals surface area contributed by atoms with Crippen LogP contribution in [0.4, 0.5) is 10.3 Å². The number of anilines is 1. The predicted molar refractivity (Wildman–Crippen MR) is 118 cm³/mol. The Balaban J connectivity index is 1.73. The summed E-state index contributed by atoms with van der Waals surface area (Å²) in [4.78, 5) is 25.6. The lowest BCUT2D eigenvalue weighted by Gasteiger charge is -2.28. The van der Waals surface area contributed by atoms with Crippen LogP contribution in [0.15, 0.2) is 18.3 Å². The number of fused-ring (bicyclic) bond motifs is 1. The van der Waals surface area contributed by atoms with Crippen LogP contribution in [0.2, 0.25) is 5.02 Å². The number of nitrogens with one attached hydrogen (secondary N) is 1. The second-order valence-electron chi connectivity index (χ2n) is 7.99. The molecule has 0 saturated carbocycles. The number of ketones is 1. The Morgan fingerprint density at radius 2 is 2.13 bits per heavy atom. The molecule has 9 heteroatoms. The van der Waals surface area contributed by atoms with Gasteiger partial charge in [-0.25, -0.2) is 19.3 Å². The highest BCUT2D eigenvalue weighted by molar-refractivity contribution is 6.33. The molecule has 1 fully saturated rings. The zero-order valence-corrected chi connectivity index (χ0v) is 18.7. The topological polar surface area (TPSA) is 81.9 Å². The van der Waals surface area contributed by atoms with Crippen molar-refractivity contribution >= 4 is 34.4 Å². The van der Waals surface area contributed by atoms with Crippen LogP contribution in [0.25, 0.3) is 22.3 Å². The molecule has 0 bridgehead atoms. The number of hydrogen-bond donors (Lipinski definition) is 1. The largest absolute Gasteiger partial charge is 0.370 e. The minimum absolute atomic E-state index is 0.0161. The second-order valence-corrected chi connectivity index (χ2v) is 8.40. The molecular formula is C22H25ClFN5O2. The van der Waals surface area contributed by atoms with Crippen molar-refractivity contribution in [2.24, 2.45) is 0 Å². The van der Waals surface area contributed by atoms with E-state index in [1.807, 2.05) is 38.3 Å². The molecule has 3 heterocycles. The van der Waals surface area contributed by atoms with Crippen molar-refractivity contribution in [1.29, 1.82) is 0 Å². The van der Waals surface area contributed by atoms with Gasteiger partial charge in [0.2, 0.25) is 5.95 Å². The number of hydrogen-bond acceptors (Lipinski definition) is 6. The molecule has 0 amide bonds. The van der Waals surface area contributed by atoms with Crippen LogP contribution in [0.1, 0.15) is 45.5 Å². The molecule has 1 N–H and O–H groups in total. The van der Waals surface area contributed by atoms with E-state index >= 15 is 0 Å². The Hall–Kier alpha value is -2.58. The number of aryl methyl sites for hydroxylation is 1. The maximum atomic E-state index is 14.9. The van der Waals surface area contributed by atoms with Crippen LogP contribution >= 0.6 is 11.6 Å². The van der Waals surface area contributed by atoms with E-state index < -0.39 is 18.0 Å². The van der Waals surface area contributed by atoms with Crippen LogP contribution in [0.3, 0.4) is 0 Å². The number of aromatic nitrogens is 4. The molecule has 1 aromatic carbocycles. The fraction of sp³-hybridized carbons (Fsp3) is 0.455. The van der Waals surface area contributed by atoms with E-state index in [2.05, 4.69) is 20.3 Å². The molecule has 4 rings (SSSR count). The number of benzene rings is 1. The number of Topliss-reactive ketones (excluding diaryl/α,β-unsaturated/α-hetero) is 1. The summed E-state index contributed by atoms with van der Waals surface area (Å²) in [5.74, 6) is 0.548. The molecule has 164 valence electrons. The molecule has 0 aliphatic carbocycles. The van der Waals surface area contributed by atoms with E-state index in [-0.39, 0.29) is 17.8 Å². The third-order valence-corrected chi connectivity index (χ3v) is 5.80. The summed E-state index contributed by atoms with van der Waals surface area (Å²) in [6, 6.07) is 2.90. The summed E-state index contributed by atoms with van der Waals surface area (Å²) >= 11 is 6.37. The van der Waals surface area contributed by atoms with Crippen molar-refractivity contribution in [3.8, 4) is 11.3 Å². The molecule has 0 radical (unpaired) electrons. The Kier molecular flexibility index (Phi) is 5.94. The lowest BCUT2D eigenvalue weighted by Crippen LogP contribution is -2.44. The van der Waals surface area contributed by atoms with E-state index in [1.165, 1.54) is 12.3 Å².